The van der Waals surface area contributed by atoms with Crippen LogP contribution in [0.4, 0.5) is 22.7 Å². The molecule has 0 aliphatic carbocycles. The lowest BCUT2D eigenvalue weighted by Crippen LogP contribution is -2.42. The zero-order chi connectivity index (χ0) is 40.6. The number of hydrogen-bond acceptors (Lipinski definition) is 10. The van der Waals surface area contributed by atoms with Crippen molar-refractivity contribution in [3.63, 3.8) is 0 Å². The molecule has 0 spiro atoms. The molecule has 2 atom stereocenters. The number of benzene rings is 4. The van der Waals surface area contributed by atoms with E-state index in [2.05, 4.69) is 51.1 Å². The number of anilines is 4. The van der Waals surface area contributed by atoms with Gasteiger partial charge in [0.15, 0.2) is 39.4 Å². The molecule has 0 amide bonds. The Bertz CT molecular complexity index is 2600. The Labute approximate surface area is 340 Å². The van der Waals surface area contributed by atoms with Crippen LogP contribution in [0, 0.1) is 13.8 Å². The monoisotopic (exact) mass is 796 g/mol. The summed E-state index contributed by atoms with van der Waals surface area (Å²) in [5.41, 5.74) is 8.72. The average molecular weight is 797 g/mol. The van der Waals surface area contributed by atoms with Crippen LogP contribution in [0.5, 0.6) is 23.0 Å². The van der Waals surface area contributed by atoms with Gasteiger partial charge in [-0.25, -0.2) is 19.9 Å². The van der Waals surface area contributed by atoms with Gasteiger partial charge in [-0.05, 0) is 98.3 Å². The van der Waals surface area contributed by atoms with Crippen molar-refractivity contribution in [3.8, 4) is 34.4 Å². The van der Waals surface area contributed by atoms with E-state index in [-0.39, 0.29) is 18.7 Å². The van der Waals surface area contributed by atoms with Gasteiger partial charge in [0.2, 0.25) is 0 Å². The van der Waals surface area contributed by atoms with Crippen molar-refractivity contribution < 1.29 is 22.4 Å². The molecular weight excluding hydrogens is 749 g/mol. The number of aryl methyl sites for hydroxylation is 4. The van der Waals surface area contributed by atoms with Gasteiger partial charge in [0.1, 0.15) is 0 Å². The van der Waals surface area contributed by atoms with Gasteiger partial charge in [0.05, 0.1) is 28.8 Å². The Morgan fingerprint density at radius 2 is 1.57 bits per heavy atom. The maximum Gasteiger partial charge on any atom is 0.278 e. The summed E-state index contributed by atoms with van der Waals surface area (Å²) < 4.78 is 51.1. The number of rotatable bonds is 13. The lowest BCUT2D eigenvalue weighted by molar-refractivity contribution is 0.359. The molecule has 8 rings (SSSR count). The highest BCUT2D eigenvalue weighted by molar-refractivity contribution is 7.86. The zero-order valence-electron chi connectivity index (χ0n) is 33.5. The molecule has 6 aromatic rings. The van der Waals surface area contributed by atoms with Crippen LogP contribution in [0.25, 0.3) is 11.4 Å². The summed E-state index contributed by atoms with van der Waals surface area (Å²) in [5.74, 6) is 3.12. The molecule has 298 valence electrons. The molecule has 2 aromatic heterocycles. The number of nitrogens with one attached hydrogen (secondary N) is 1. The van der Waals surface area contributed by atoms with Crippen LogP contribution in [0.1, 0.15) is 92.7 Å². The van der Waals surface area contributed by atoms with Crippen LogP contribution in [0.15, 0.2) is 97.5 Å². The smallest absolute Gasteiger partial charge is 0.278 e. The maximum atomic E-state index is 14.1. The van der Waals surface area contributed by atoms with Crippen LogP contribution >= 0.6 is 0 Å². The van der Waals surface area contributed by atoms with E-state index in [0.29, 0.717) is 40.9 Å². The van der Waals surface area contributed by atoms with Crippen molar-refractivity contribution in [3.05, 3.63) is 131 Å². The fourth-order valence-corrected chi connectivity index (χ4v) is 9.48. The van der Waals surface area contributed by atoms with Gasteiger partial charge in [-0.2, -0.15) is 8.42 Å². The molecule has 0 bridgehead atoms. The molecule has 58 heavy (non-hydrogen) atoms. The first kappa shape index (κ1) is 39.0. The summed E-state index contributed by atoms with van der Waals surface area (Å²) in [6.45, 7) is 10.2. The minimum atomic E-state index is -4.83. The van der Waals surface area contributed by atoms with Gasteiger partial charge in [-0.15, -0.1) is 0 Å². The van der Waals surface area contributed by atoms with E-state index >= 15 is 0 Å². The fraction of sp³-hybridized carbons (Fsp3) is 0.304. The second-order valence-corrected chi connectivity index (χ2v) is 16.9. The van der Waals surface area contributed by atoms with E-state index in [1.807, 2.05) is 87.6 Å². The van der Waals surface area contributed by atoms with Gasteiger partial charge in [-0.3, -0.25) is 4.55 Å². The first-order valence-electron chi connectivity index (χ1n) is 20.0. The van der Waals surface area contributed by atoms with Crippen LogP contribution in [-0.4, -0.2) is 32.9 Å². The van der Waals surface area contributed by atoms with Crippen LogP contribution in [0.2, 0.25) is 0 Å². The predicted molar refractivity (Wildman–Crippen MR) is 227 cm³/mol. The molecule has 0 saturated carbocycles. The van der Waals surface area contributed by atoms with Crippen molar-refractivity contribution in [2.75, 3.05) is 10.2 Å². The molecule has 2 N–H and O–H groups in total. The molecule has 12 heteroatoms. The average Bonchev–Trinajstić information content (AvgIpc) is 3.22. The topological polar surface area (TPSA) is 140 Å². The summed E-state index contributed by atoms with van der Waals surface area (Å²) >= 11 is 0. The molecule has 0 fully saturated rings. The fourth-order valence-electron chi connectivity index (χ4n) is 8.32. The first-order valence-corrected chi connectivity index (χ1v) is 21.5. The lowest BCUT2D eigenvalue weighted by Gasteiger charge is -2.43. The van der Waals surface area contributed by atoms with E-state index in [1.165, 1.54) is 18.0 Å². The van der Waals surface area contributed by atoms with Crippen molar-refractivity contribution >= 4 is 32.9 Å². The quantitative estimate of drug-likeness (QED) is 0.108. The predicted octanol–water partition coefficient (Wildman–Crippen LogP) is 11.3. The van der Waals surface area contributed by atoms with Crippen LogP contribution in [0.3, 0.4) is 0 Å². The highest BCUT2D eigenvalue weighted by Gasteiger charge is 2.51. The van der Waals surface area contributed by atoms with E-state index in [9.17, 15) is 13.0 Å². The van der Waals surface area contributed by atoms with Crippen molar-refractivity contribution in [1.29, 1.82) is 0 Å². The number of nitrogens with zero attached hydrogens (tertiary/aromatic N) is 5. The molecule has 2 aliphatic heterocycles. The summed E-state index contributed by atoms with van der Waals surface area (Å²) in [6, 6.07) is 24.7. The highest BCUT2D eigenvalue weighted by atomic mass is 32.2. The Morgan fingerprint density at radius 3 is 2.31 bits per heavy atom. The van der Waals surface area contributed by atoms with Gasteiger partial charge < -0.3 is 19.7 Å². The Balaban J connectivity index is 1.37. The van der Waals surface area contributed by atoms with Crippen LogP contribution < -0.4 is 19.7 Å². The largest absolute Gasteiger partial charge is 0.453 e. The standard InChI is InChI=1S/C46H48N6O5S/c1-6-13-31-24-32(14-7-2)43-35(25-31)51-42-34(15-11-18-40(42)57-43)38(27-46(21-8-3,58(53,54)55)45-47-22-12-23-48-45)52-36-16-9-10-17-39(36)56-41-26-33(19-20-37(41)52)44-49-28-29(4)30(5)50-44/h9-12,15-20,22-26,28,38,51H,6-8,13-14,21,27H2,1-5H3,(H,53,54,55). The third kappa shape index (κ3) is 7.04. The van der Waals surface area contributed by atoms with Gasteiger partial charge in [-0.1, -0.05) is 70.4 Å². The summed E-state index contributed by atoms with van der Waals surface area (Å²) in [7, 11) is -4.83. The number of aromatic nitrogens is 4. The van der Waals surface area contributed by atoms with Crippen LogP contribution in [-0.2, 0) is 27.7 Å². The molecule has 0 radical (unpaired) electrons. The Morgan fingerprint density at radius 1 is 0.810 bits per heavy atom. The second kappa shape index (κ2) is 15.8. The van der Waals surface area contributed by atoms with Crippen molar-refractivity contribution in [2.24, 2.45) is 0 Å². The third-order valence-corrected chi connectivity index (χ3v) is 12.7. The summed E-state index contributed by atoms with van der Waals surface area (Å²) in [4.78, 5) is 20.5. The minimum absolute atomic E-state index is 0.0288. The van der Waals surface area contributed by atoms with E-state index < -0.39 is 20.9 Å². The lowest BCUT2D eigenvalue weighted by atomic mass is 9.86. The minimum Gasteiger partial charge on any atom is -0.453 e. The second-order valence-electron chi connectivity index (χ2n) is 15.2. The van der Waals surface area contributed by atoms with Crippen molar-refractivity contribution in [2.45, 2.75) is 90.4 Å². The number of ether oxygens (including phenoxy) is 2. The molecule has 0 saturated heterocycles. The number of para-hydroxylation sites is 3. The molecule has 4 heterocycles. The Kier molecular flexibility index (Phi) is 10.6. The molecule has 2 aliphatic rings. The Hall–Kier alpha value is -5.85. The molecule has 4 aromatic carbocycles. The highest BCUT2D eigenvalue weighted by Crippen LogP contribution is 2.57. The van der Waals surface area contributed by atoms with Gasteiger partial charge >= 0.3 is 0 Å². The van der Waals surface area contributed by atoms with Gasteiger partial charge in [0.25, 0.3) is 10.1 Å². The summed E-state index contributed by atoms with van der Waals surface area (Å²) in [5, 5.41) is 3.77. The SMILES string of the molecule is CCCc1cc(CCC)c2c(c1)Nc1c(cccc1C(CC(CCC)(c1ncccn1)S(=O)(=O)O)N1c3ccccc3Oc3cc(-c4ncc(C)c(C)n4)ccc31)O2. The number of fused-ring (bicyclic) bond motifs is 4. The maximum absolute atomic E-state index is 14.1. The molecule has 2 unspecified atom stereocenters. The third-order valence-electron chi connectivity index (χ3n) is 11.2. The van der Waals surface area contributed by atoms with Crippen molar-refractivity contribution in [1.82, 2.24) is 19.9 Å². The summed E-state index contributed by atoms with van der Waals surface area (Å²) in [6.07, 6.45) is 8.96. The first-order chi connectivity index (χ1) is 28.0. The normalized spacial score (nSPS) is 14.4. The number of hydrogen-bond donors (Lipinski definition) is 2. The molecular formula is C46H48N6O5S. The van der Waals surface area contributed by atoms with Gasteiger partial charge in [0, 0.05) is 41.8 Å². The van der Waals surface area contributed by atoms with E-state index in [1.54, 1.807) is 6.07 Å². The zero-order valence-corrected chi connectivity index (χ0v) is 34.3. The molecule has 11 nitrogen and oxygen atoms in total. The van der Waals surface area contributed by atoms with E-state index in [0.717, 1.165) is 70.8 Å². The van der Waals surface area contributed by atoms with E-state index in [4.69, 9.17) is 14.5 Å².